The Kier molecular flexibility index (Phi) is 2.86. The fourth-order valence-electron chi connectivity index (χ4n) is 2.59. The van der Waals surface area contributed by atoms with Crippen molar-refractivity contribution in [3.8, 4) is 0 Å². The standard InChI is InChI=1S/C18H14N4/c19-15-11-12(20-16-7-3-1-5-13(15)16)9-10-18-14-6-2-4-8-17(14)21-22-18/h1-11H,(H2,19,20)(H,21,22)/b10-9+. The average Bonchev–Trinajstić information content (AvgIpc) is 2.96. The Balaban J connectivity index is 1.77. The topological polar surface area (TPSA) is 67.6 Å². The van der Waals surface area contributed by atoms with Gasteiger partial charge in [0.2, 0.25) is 0 Å². The van der Waals surface area contributed by atoms with Crippen LogP contribution >= 0.6 is 0 Å². The minimum atomic E-state index is 0.733. The van der Waals surface area contributed by atoms with Crippen molar-refractivity contribution in [2.75, 3.05) is 5.73 Å². The van der Waals surface area contributed by atoms with E-state index in [2.05, 4.69) is 15.2 Å². The highest BCUT2D eigenvalue weighted by Crippen LogP contribution is 2.22. The first-order valence-corrected chi connectivity index (χ1v) is 7.08. The van der Waals surface area contributed by atoms with Gasteiger partial charge in [0.15, 0.2) is 0 Å². The van der Waals surface area contributed by atoms with E-state index in [0.29, 0.717) is 0 Å². The molecule has 4 nitrogen and oxygen atoms in total. The van der Waals surface area contributed by atoms with Crippen molar-refractivity contribution >= 4 is 39.6 Å². The summed E-state index contributed by atoms with van der Waals surface area (Å²) in [6, 6.07) is 17.8. The first-order chi connectivity index (χ1) is 10.8. The third kappa shape index (κ3) is 2.11. The van der Waals surface area contributed by atoms with Crippen molar-refractivity contribution < 1.29 is 0 Å². The van der Waals surface area contributed by atoms with Crippen LogP contribution in [0.2, 0.25) is 0 Å². The van der Waals surface area contributed by atoms with Gasteiger partial charge in [-0.1, -0.05) is 36.4 Å². The summed E-state index contributed by atoms with van der Waals surface area (Å²) in [5.41, 5.74) is 10.5. The smallest absolute Gasteiger partial charge is 0.0927 e. The molecule has 106 valence electrons. The normalized spacial score (nSPS) is 11.6. The summed E-state index contributed by atoms with van der Waals surface area (Å²) < 4.78 is 0. The number of nitrogens with one attached hydrogen (secondary N) is 1. The maximum Gasteiger partial charge on any atom is 0.0927 e. The number of nitrogens with two attached hydrogens (primary N) is 1. The van der Waals surface area contributed by atoms with Gasteiger partial charge >= 0.3 is 0 Å². The van der Waals surface area contributed by atoms with Crippen LogP contribution in [0.3, 0.4) is 0 Å². The highest BCUT2D eigenvalue weighted by molar-refractivity contribution is 5.93. The molecular weight excluding hydrogens is 272 g/mol. The predicted octanol–water partition coefficient (Wildman–Crippen LogP) is 3.86. The molecule has 3 N–H and O–H groups in total. The minimum absolute atomic E-state index is 0.733. The zero-order chi connectivity index (χ0) is 14.9. The number of pyridine rings is 1. The average molecular weight is 286 g/mol. The van der Waals surface area contributed by atoms with Crippen LogP contribution in [0.4, 0.5) is 5.69 Å². The largest absolute Gasteiger partial charge is 0.398 e. The Labute approximate surface area is 127 Å². The Bertz CT molecular complexity index is 998. The van der Waals surface area contributed by atoms with Crippen LogP contribution in [-0.2, 0) is 0 Å². The van der Waals surface area contributed by atoms with Gasteiger partial charge in [-0.2, -0.15) is 5.10 Å². The molecule has 0 aliphatic rings. The van der Waals surface area contributed by atoms with E-state index >= 15 is 0 Å². The quantitative estimate of drug-likeness (QED) is 0.588. The van der Waals surface area contributed by atoms with Crippen molar-refractivity contribution in [2.24, 2.45) is 0 Å². The van der Waals surface area contributed by atoms with E-state index in [-0.39, 0.29) is 0 Å². The van der Waals surface area contributed by atoms with E-state index in [0.717, 1.165) is 38.9 Å². The molecule has 0 bridgehead atoms. The second kappa shape index (κ2) is 5.00. The van der Waals surface area contributed by atoms with Gasteiger partial charge in [0.05, 0.1) is 22.4 Å². The first-order valence-electron chi connectivity index (χ1n) is 7.08. The molecule has 22 heavy (non-hydrogen) atoms. The Morgan fingerprint density at radius 1 is 0.909 bits per heavy atom. The summed E-state index contributed by atoms with van der Waals surface area (Å²) in [5.74, 6) is 0. The Hall–Kier alpha value is -3.14. The molecule has 0 aliphatic carbocycles. The summed E-state index contributed by atoms with van der Waals surface area (Å²) in [5, 5.41) is 9.41. The van der Waals surface area contributed by atoms with Crippen molar-refractivity contribution in [1.29, 1.82) is 0 Å². The predicted molar refractivity (Wildman–Crippen MR) is 91.2 cm³/mol. The Morgan fingerprint density at radius 3 is 2.59 bits per heavy atom. The molecule has 0 amide bonds. The zero-order valence-corrected chi connectivity index (χ0v) is 11.8. The molecule has 0 atom stereocenters. The number of para-hydroxylation sites is 2. The number of rotatable bonds is 2. The van der Waals surface area contributed by atoms with E-state index in [9.17, 15) is 0 Å². The highest BCUT2D eigenvalue weighted by Gasteiger charge is 2.03. The number of anilines is 1. The van der Waals surface area contributed by atoms with Crippen LogP contribution in [0.15, 0.2) is 54.6 Å². The van der Waals surface area contributed by atoms with Crippen molar-refractivity contribution in [3.63, 3.8) is 0 Å². The molecular formula is C18H14N4. The van der Waals surface area contributed by atoms with Gasteiger partial charge in [0.25, 0.3) is 0 Å². The maximum absolute atomic E-state index is 6.10. The van der Waals surface area contributed by atoms with Gasteiger partial charge in [-0.05, 0) is 30.4 Å². The molecule has 0 saturated carbocycles. The summed E-state index contributed by atoms with van der Waals surface area (Å²) in [4.78, 5) is 4.61. The highest BCUT2D eigenvalue weighted by atomic mass is 15.1. The van der Waals surface area contributed by atoms with Crippen LogP contribution in [0.1, 0.15) is 11.4 Å². The molecule has 2 aromatic carbocycles. The van der Waals surface area contributed by atoms with Gasteiger partial charge in [-0.15, -0.1) is 0 Å². The molecule has 4 rings (SSSR count). The van der Waals surface area contributed by atoms with Gasteiger partial charge in [0.1, 0.15) is 0 Å². The monoisotopic (exact) mass is 286 g/mol. The number of aromatic amines is 1. The van der Waals surface area contributed by atoms with Gasteiger partial charge in [-0.3, -0.25) is 5.10 Å². The second-order valence-corrected chi connectivity index (χ2v) is 5.14. The lowest BCUT2D eigenvalue weighted by Gasteiger charge is -2.02. The van der Waals surface area contributed by atoms with Gasteiger partial charge < -0.3 is 5.73 Å². The van der Waals surface area contributed by atoms with Crippen LogP contribution in [0.25, 0.3) is 34.0 Å². The van der Waals surface area contributed by atoms with E-state index in [1.165, 1.54) is 0 Å². The molecule has 0 fully saturated rings. The van der Waals surface area contributed by atoms with Gasteiger partial charge in [-0.25, -0.2) is 4.98 Å². The number of H-pyrrole nitrogens is 1. The number of aromatic nitrogens is 3. The molecule has 4 aromatic rings. The Morgan fingerprint density at radius 2 is 1.68 bits per heavy atom. The first kappa shape index (κ1) is 12.6. The summed E-state index contributed by atoms with van der Waals surface area (Å²) in [7, 11) is 0. The fourth-order valence-corrected chi connectivity index (χ4v) is 2.59. The van der Waals surface area contributed by atoms with Crippen LogP contribution in [0.5, 0.6) is 0 Å². The molecule has 0 saturated heterocycles. The summed E-state index contributed by atoms with van der Waals surface area (Å²) in [6.07, 6.45) is 3.89. The van der Waals surface area contributed by atoms with Crippen LogP contribution in [0, 0.1) is 0 Å². The molecule has 0 spiro atoms. The lowest BCUT2D eigenvalue weighted by atomic mass is 10.1. The molecule has 2 heterocycles. The van der Waals surface area contributed by atoms with Crippen LogP contribution in [-0.4, -0.2) is 15.2 Å². The minimum Gasteiger partial charge on any atom is -0.398 e. The second-order valence-electron chi connectivity index (χ2n) is 5.14. The lowest BCUT2D eigenvalue weighted by molar-refractivity contribution is 1.11. The fraction of sp³-hybridized carbons (Fsp3) is 0. The van der Waals surface area contributed by atoms with E-state index in [4.69, 9.17) is 5.73 Å². The molecule has 4 heteroatoms. The molecule has 0 radical (unpaired) electrons. The van der Waals surface area contributed by atoms with E-state index < -0.39 is 0 Å². The summed E-state index contributed by atoms with van der Waals surface area (Å²) in [6.45, 7) is 0. The molecule has 0 aliphatic heterocycles. The third-order valence-corrected chi connectivity index (χ3v) is 3.68. The number of hydrogen-bond donors (Lipinski definition) is 2. The van der Waals surface area contributed by atoms with Crippen LogP contribution < -0.4 is 5.73 Å². The number of nitrogens with zero attached hydrogens (tertiary/aromatic N) is 2. The number of nitrogen functional groups attached to an aromatic ring is 1. The number of hydrogen-bond acceptors (Lipinski definition) is 3. The maximum atomic E-state index is 6.10. The van der Waals surface area contributed by atoms with E-state index in [1.54, 1.807) is 0 Å². The molecule has 0 unspecified atom stereocenters. The van der Waals surface area contributed by atoms with Crippen molar-refractivity contribution in [3.05, 3.63) is 66.0 Å². The number of benzene rings is 2. The van der Waals surface area contributed by atoms with Gasteiger partial charge in [0, 0.05) is 16.5 Å². The number of fused-ring (bicyclic) bond motifs is 2. The third-order valence-electron chi connectivity index (χ3n) is 3.68. The summed E-state index contributed by atoms with van der Waals surface area (Å²) >= 11 is 0. The lowest BCUT2D eigenvalue weighted by Crippen LogP contribution is -1.91. The van der Waals surface area contributed by atoms with Crippen molar-refractivity contribution in [2.45, 2.75) is 0 Å². The van der Waals surface area contributed by atoms with Crippen molar-refractivity contribution in [1.82, 2.24) is 15.2 Å². The SMILES string of the molecule is Nc1cc(/C=C/c2n[nH]c3ccccc23)nc2ccccc12. The van der Waals surface area contributed by atoms with E-state index in [1.807, 2.05) is 66.7 Å². The zero-order valence-electron chi connectivity index (χ0n) is 11.8. The molecule has 2 aromatic heterocycles.